The average molecular weight is 273 g/mol. The van der Waals surface area contributed by atoms with Crippen molar-refractivity contribution in [2.45, 2.75) is 44.8 Å². The van der Waals surface area contributed by atoms with Crippen molar-refractivity contribution in [1.29, 1.82) is 0 Å². The Morgan fingerprint density at radius 2 is 2.15 bits per heavy atom. The first-order valence-electron chi connectivity index (χ1n) is 7.44. The van der Waals surface area contributed by atoms with Gasteiger partial charge in [0.1, 0.15) is 11.3 Å². The Labute approximate surface area is 120 Å². The number of para-hydroxylation sites is 1. The number of nitrogens with one attached hydrogen (secondary N) is 1. The highest BCUT2D eigenvalue weighted by Gasteiger charge is 2.38. The van der Waals surface area contributed by atoms with Gasteiger partial charge in [-0.2, -0.15) is 0 Å². The van der Waals surface area contributed by atoms with E-state index in [1.165, 1.54) is 17.4 Å². The molecule has 2 unspecified atom stereocenters. The van der Waals surface area contributed by atoms with E-state index in [0.29, 0.717) is 0 Å². The molecule has 2 atom stereocenters. The van der Waals surface area contributed by atoms with Gasteiger partial charge < -0.3 is 14.5 Å². The van der Waals surface area contributed by atoms with Crippen LogP contribution >= 0.6 is 0 Å². The SMILES string of the molecule is CNC(c1cc2cccc(C)c2o1)C1(C)CCCCO1. The number of ether oxygens (including phenoxy) is 1. The molecule has 0 saturated carbocycles. The van der Waals surface area contributed by atoms with Gasteiger partial charge in [0.15, 0.2) is 0 Å². The first kappa shape index (κ1) is 13.7. The zero-order valence-electron chi connectivity index (χ0n) is 12.5. The highest BCUT2D eigenvalue weighted by Crippen LogP contribution is 2.38. The number of hydrogen-bond acceptors (Lipinski definition) is 3. The lowest BCUT2D eigenvalue weighted by Crippen LogP contribution is -2.44. The van der Waals surface area contributed by atoms with E-state index in [1.807, 2.05) is 7.05 Å². The summed E-state index contributed by atoms with van der Waals surface area (Å²) in [6.07, 6.45) is 3.44. The number of furan rings is 1. The Kier molecular flexibility index (Phi) is 3.57. The van der Waals surface area contributed by atoms with Crippen LogP contribution in [0, 0.1) is 6.92 Å². The van der Waals surface area contributed by atoms with Gasteiger partial charge >= 0.3 is 0 Å². The number of aryl methyl sites for hydroxylation is 1. The summed E-state index contributed by atoms with van der Waals surface area (Å²) in [5.41, 5.74) is 1.98. The summed E-state index contributed by atoms with van der Waals surface area (Å²) in [6, 6.07) is 8.50. The molecule has 1 aliphatic heterocycles. The third-order valence-electron chi connectivity index (χ3n) is 4.44. The minimum Gasteiger partial charge on any atom is -0.459 e. The zero-order chi connectivity index (χ0) is 14.2. The Morgan fingerprint density at radius 3 is 2.80 bits per heavy atom. The van der Waals surface area contributed by atoms with Gasteiger partial charge in [-0.15, -0.1) is 0 Å². The smallest absolute Gasteiger partial charge is 0.137 e. The number of fused-ring (bicyclic) bond motifs is 1. The van der Waals surface area contributed by atoms with Crippen molar-refractivity contribution < 1.29 is 9.15 Å². The molecule has 2 heterocycles. The maximum Gasteiger partial charge on any atom is 0.137 e. The first-order valence-corrected chi connectivity index (χ1v) is 7.44. The summed E-state index contributed by atoms with van der Waals surface area (Å²) in [6.45, 7) is 5.12. The summed E-state index contributed by atoms with van der Waals surface area (Å²) in [5, 5.41) is 4.56. The molecule has 1 N–H and O–H groups in total. The van der Waals surface area contributed by atoms with Crippen LogP contribution in [0.3, 0.4) is 0 Å². The van der Waals surface area contributed by atoms with E-state index < -0.39 is 0 Å². The average Bonchev–Trinajstić information content (AvgIpc) is 2.85. The van der Waals surface area contributed by atoms with Gasteiger partial charge in [-0.05, 0) is 51.8 Å². The van der Waals surface area contributed by atoms with Gasteiger partial charge in [0, 0.05) is 12.0 Å². The predicted octanol–water partition coefficient (Wildman–Crippen LogP) is 3.96. The molecule has 3 rings (SSSR count). The second-order valence-corrected chi connectivity index (χ2v) is 5.98. The van der Waals surface area contributed by atoms with Crippen molar-refractivity contribution >= 4 is 11.0 Å². The van der Waals surface area contributed by atoms with Crippen molar-refractivity contribution in [3.05, 3.63) is 35.6 Å². The van der Waals surface area contributed by atoms with Crippen LogP contribution in [-0.4, -0.2) is 19.3 Å². The second kappa shape index (κ2) is 5.23. The maximum atomic E-state index is 6.13. The zero-order valence-corrected chi connectivity index (χ0v) is 12.5. The fraction of sp³-hybridized carbons (Fsp3) is 0.529. The molecule has 20 heavy (non-hydrogen) atoms. The van der Waals surface area contributed by atoms with E-state index in [0.717, 1.165) is 30.8 Å². The summed E-state index contributed by atoms with van der Waals surface area (Å²) < 4.78 is 12.2. The lowest BCUT2D eigenvalue weighted by atomic mass is 9.87. The predicted molar refractivity (Wildman–Crippen MR) is 81.0 cm³/mol. The van der Waals surface area contributed by atoms with Gasteiger partial charge in [0.05, 0.1) is 11.6 Å². The molecule has 3 nitrogen and oxygen atoms in total. The molecule has 0 spiro atoms. The molecule has 1 saturated heterocycles. The minimum absolute atomic E-state index is 0.0922. The van der Waals surface area contributed by atoms with Crippen molar-refractivity contribution in [1.82, 2.24) is 5.32 Å². The van der Waals surface area contributed by atoms with Gasteiger partial charge in [0.2, 0.25) is 0 Å². The largest absolute Gasteiger partial charge is 0.459 e. The molecule has 0 radical (unpaired) electrons. The van der Waals surface area contributed by atoms with Crippen molar-refractivity contribution in [3.63, 3.8) is 0 Å². The molecule has 1 aromatic heterocycles. The van der Waals surface area contributed by atoms with E-state index in [1.54, 1.807) is 0 Å². The molecule has 0 amide bonds. The number of likely N-dealkylation sites (N-methyl/N-ethyl adjacent to an activating group) is 1. The highest BCUT2D eigenvalue weighted by atomic mass is 16.5. The minimum atomic E-state index is -0.186. The molecule has 0 bridgehead atoms. The Balaban J connectivity index is 2.00. The third kappa shape index (κ3) is 2.25. The lowest BCUT2D eigenvalue weighted by Gasteiger charge is -2.39. The second-order valence-electron chi connectivity index (χ2n) is 5.98. The van der Waals surface area contributed by atoms with E-state index in [-0.39, 0.29) is 11.6 Å². The van der Waals surface area contributed by atoms with E-state index in [4.69, 9.17) is 9.15 Å². The Morgan fingerprint density at radius 1 is 1.30 bits per heavy atom. The maximum absolute atomic E-state index is 6.13. The van der Waals surface area contributed by atoms with Crippen molar-refractivity contribution in [3.8, 4) is 0 Å². The molecule has 0 aliphatic carbocycles. The normalized spacial score (nSPS) is 24.9. The van der Waals surface area contributed by atoms with Crippen LogP contribution in [0.15, 0.2) is 28.7 Å². The molecule has 3 heteroatoms. The van der Waals surface area contributed by atoms with Crippen LogP contribution in [0.25, 0.3) is 11.0 Å². The number of rotatable bonds is 3. The topological polar surface area (TPSA) is 34.4 Å². The Hall–Kier alpha value is -1.32. The molecular weight excluding hydrogens is 250 g/mol. The summed E-state index contributed by atoms with van der Waals surface area (Å²) in [4.78, 5) is 0. The fourth-order valence-corrected chi connectivity index (χ4v) is 3.30. The first-order chi connectivity index (χ1) is 9.64. The van der Waals surface area contributed by atoms with Crippen LogP contribution in [0.5, 0.6) is 0 Å². The molecular formula is C17H23NO2. The molecule has 1 fully saturated rings. The summed E-state index contributed by atoms with van der Waals surface area (Å²) >= 11 is 0. The number of benzene rings is 1. The molecule has 1 aliphatic rings. The molecule has 1 aromatic carbocycles. The van der Waals surface area contributed by atoms with Gasteiger partial charge in [-0.1, -0.05) is 18.2 Å². The molecule has 2 aromatic rings. The van der Waals surface area contributed by atoms with E-state index in [2.05, 4.69) is 43.4 Å². The van der Waals surface area contributed by atoms with E-state index >= 15 is 0 Å². The fourth-order valence-electron chi connectivity index (χ4n) is 3.30. The van der Waals surface area contributed by atoms with Crippen LogP contribution in [0.4, 0.5) is 0 Å². The van der Waals surface area contributed by atoms with Crippen molar-refractivity contribution in [2.75, 3.05) is 13.7 Å². The quantitative estimate of drug-likeness (QED) is 0.919. The Bertz CT molecular complexity index is 596. The summed E-state index contributed by atoms with van der Waals surface area (Å²) in [5.74, 6) is 0.973. The lowest BCUT2D eigenvalue weighted by molar-refractivity contribution is -0.0919. The van der Waals surface area contributed by atoms with Gasteiger partial charge in [0.25, 0.3) is 0 Å². The molecule has 108 valence electrons. The van der Waals surface area contributed by atoms with Gasteiger partial charge in [-0.25, -0.2) is 0 Å². The van der Waals surface area contributed by atoms with Crippen LogP contribution in [0.2, 0.25) is 0 Å². The number of hydrogen-bond donors (Lipinski definition) is 1. The van der Waals surface area contributed by atoms with Crippen LogP contribution in [-0.2, 0) is 4.74 Å². The summed E-state index contributed by atoms with van der Waals surface area (Å²) in [7, 11) is 1.98. The van der Waals surface area contributed by atoms with E-state index in [9.17, 15) is 0 Å². The standard InChI is InChI=1S/C17H23NO2/c1-12-7-6-8-13-11-14(20-15(12)13)16(18-3)17(2)9-4-5-10-19-17/h6-8,11,16,18H,4-5,9-10H2,1-3H3. The highest BCUT2D eigenvalue weighted by molar-refractivity contribution is 5.81. The monoisotopic (exact) mass is 273 g/mol. The van der Waals surface area contributed by atoms with Crippen molar-refractivity contribution in [2.24, 2.45) is 0 Å². The van der Waals surface area contributed by atoms with Crippen LogP contribution < -0.4 is 5.32 Å². The van der Waals surface area contributed by atoms with Gasteiger partial charge in [-0.3, -0.25) is 0 Å². The third-order valence-corrected chi connectivity index (χ3v) is 4.44. The van der Waals surface area contributed by atoms with Crippen LogP contribution in [0.1, 0.15) is 43.6 Å².